The lowest BCUT2D eigenvalue weighted by atomic mass is 10.2. The Kier molecular flexibility index (Phi) is 4.51. The normalized spacial score (nSPS) is 11.4. The van der Waals surface area contributed by atoms with E-state index >= 15 is 0 Å². The highest BCUT2D eigenvalue weighted by molar-refractivity contribution is 7.92. The molecule has 4 nitrogen and oxygen atoms in total. The van der Waals surface area contributed by atoms with E-state index in [-0.39, 0.29) is 16.5 Å². The van der Waals surface area contributed by atoms with Crippen molar-refractivity contribution in [3.8, 4) is 0 Å². The first-order chi connectivity index (χ1) is 9.83. The topological polar surface area (TPSA) is 72.2 Å². The summed E-state index contributed by atoms with van der Waals surface area (Å²) in [6.45, 7) is 1.81. The Labute approximate surface area is 127 Å². The molecular weight excluding hydrogens is 315 g/mol. The van der Waals surface area contributed by atoms with Gasteiger partial charge in [0.15, 0.2) is 0 Å². The Balaban J connectivity index is 2.43. The van der Waals surface area contributed by atoms with Crippen LogP contribution in [-0.4, -0.2) is 8.42 Å². The molecule has 0 spiro atoms. The summed E-state index contributed by atoms with van der Waals surface area (Å²) in [5.74, 6) is -0.432. The number of hydrogen-bond acceptors (Lipinski definition) is 3. The maximum absolute atomic E-state index is 13.1. The second kappa shape index (κ2) is 6.01. The van der Waals surface area contributed by atoms with Crippen molar-refractivity contribution in [2.45, 2.75) is 18.4 Å². The summed E-state index contributed by atoms with van der Waals surface area (Å²) in [5.41, 5.74) is 6.93. The maximum atomic E-state index is 13.1. The monoisotopic (exact) mass is 328 g/mol. The Bertz CT molecular complexity index is 779. The van der Waals surface area contributed by atoms with Crippen LogP contribution in [0.1, 0.15) is 11.1 Å². The zero-order chi connectivity index (χ0) is 15.6. The van der Waals surface area contributed by atoms with Gasteiger partial charge in [-0.15, -0.1) is 0 Å². The highest BCUT2D eigenvalue weighted by Gasteiger charge is 2.19. The number of nitrogens with one attached hydrogen (secondary N) is 1. The largest absolute Gasteiger partial charge is 0.326 e. The molecule has 3 N–H and O–H groups in total. The minimum absolute atomic E-state index is 0.0594. The van der Waals surface area contributed by atoms with Crippen molar-refractivity contribution in [2.24, 2.45) is 5.73 Å². The van der Waals surface area contributed by atoms with E-state index in [4.69, 9.17) is 17.3 Å². The predicted octanol–water partition coefficient (Wildman–Crippen LogP) is 3.05. The number of rotatable bonds is 4. The van der Waals surface area contributed by atoms with E-state index < -0.39 is 15.8 Å². The molecule has 0 aliphatic rings. The average molecular weight is 329 g/mol. The molecule has 2 aromatic rings. The SMILES string of the molecule is Cc1cc(F)ccc1NS(=O)(=O)c1cc(CN)ccc1Cl. The predicted molar refractivity (Wildman–Crippen MR) is 81.3 cm³/mol. The summed E-state index contributed by atoms with van der Waals surface area (Å²) in [6, 6.07) is 8.35. The van der Waals surface area contributed by atoms with E-state index in [1.807, 2.05) is 0 Å². The van der Waals surface area contributed by atoms with Crippen molar-refractivity contribution >= 4 is 27.3 Å². The number of aryl methyl sites for hydroxylation is 1. The fraction of sp³-hybridized carbons (Fsp3) is 0.143. The molecular formula is C14H14ClFN2O2S. The van der Waals surface area contributed by atoms with Crippen LogP contribution in [0.15, 0.2) is 41.3 Å². The van der Waals surface area contributed by atoms with Crippen molar-refractivity contribution in [1.29, 1.82) is 0 Å². The molecule has 112 valence electrons. The van der Waals surface area contributed by atoms with Gasteiger partial charge in [-0.05, 0) is 48.4 Å². The van der Waals surface area contributed by atoms with Gasteiger partial charge in [0.2, 0.25) is 0 Å². The number of anilines is 1. The lowest BCUT2D eigenvalue weighted by Gasteiger charge is -2.12. The van der Waals surface area contributed by atoms with Crippen LogP contribution in [0.25, 0.3) is 0 Å². The Morgan fingerprint density at radius 2 is 1.95 bits per heavy atom. The first-order valence-corrected chi connectivity index (χ1v) is 7.97. The van der Waals surface area contributed by atoms with Crippen LogP contribution in [0, 0.1) is 12.7 Å². The maximum Gasteiger partial charge on any atom is 0.263 e. The minimum Gasteiger partial charge on any atom is -0.326 e. The van der Waals surface area contributed by atoms with Crippen LogP contribution >= 0.6 is 11.6 Å². The van der Waals surface area contributed by atoms with Gasteiger partial charge in [-0.25, -0.2) is 12.8 Å². The molecule has 0 bridgehead atoms. The van der Waals surface area contributed by atoms with Gasteiger partial charge >= 0.3 is 0 Å². The molecule has 21 heavy (non-hydrogen) atoms. The highest BCUT2D eigenvalue weighted by Crippen LogP contribution is 2.26. The van der Waals surface area contributed by atoms with Gasteiger partial charge in [0.25, 0.3) is 10.0 Å². The van der Waals surface area contributed by atoms with Crippen LogP contribution in [0.3, 0.4) is 0 Å². The summed E-state index contributed by atoms with van der Waals surface area (Å²) in [6.07, 6.45) is 0. The number of sulfonamides is 1. The second-order valence-corrected chi connectivity index (χ2v) is 6.59. The van der Waals surface area contributed by atoms with E-state index in [0.29, 0.717) is 16.8 Å². The van der Waals surface area contributed by atoms with Gasteiger partial charge in [-0.2, -0.15) is 0 Å². The molecule has 0 unspecified atom stereocenters. The quantitative estimate of drug-likeness (QED) is 0.906. The molecule has 0 aliphatic carbocycles. The van der Waals surface area contributed by atoms with E-state index in [2.05, 4.69) is 4.72 Å². The number of benzene rings is 2. The van der Waals surface area contributed by atoms with Gasteiger partial charge in [0.1, 0.15) is 10.7 Å². The van der Waals surface area contributed by atoms with Crippen molar-refractivity contribution in [1.82, 2.24) is 0 Å². The van der Waals surface area contributed by atoms with E-state index in [1.54, 1.807) is 13.0 Å². The number of hydrogen-bond donors (Lipinski definition) is 2. The van der Waals surface area contributed by atoms with Crippen LogP contribution in [0.4, 0.5) is 10.1 Å². The highest BCUT2D eigenvalue weighted by atomic mass is 35.5. The molecule has 0 aliphatic heterocycles. The molecule has 0 amide bonds. The summed E-state index contributed by atoms with van der Waals surface area (Å²) in [4.78, 5) is -0.0594. The fourth-order valence-corrected chi connectivity index (χ4v) is 3.50. The zero-order valence-corrected chi connectivity index (χ0v) is 12.8. The first-order valence-electron chi connectivity index (χ1n) is 6.11. The molecule has 0 aromatic heterocycles. The van der Waals surface area contributed by atoms with Crippen LogP contribution in [0.5, 0.6) is 0 Å². The molecule has 0 saturated heterocycles. The third-order valence-corrected chi connectivity index (χ3v) is 4.80. The van der Waals surface area contributed by atoms with Crippen molar-refractivity contribution < 1.29 is 12.8 Å². The molecule has 2 aromatic carbocycles. The molecule has 0 heterocycles. The summed E-state index contributed by atoms with van der Waals surface area (Å²) in [7, 11) is -3.87. The number of nitrogens with two attached hydrogens (primary N) is 1. The smallest absolute Gasteiger partial charge is 0.263 e. The first kappa shape index (κ1) is 15.8. The summed E-state index contributed by atoms with van der Waals surface area (Å²) < 4.78 is 40.3. The van der Waals surface area contributed by atoms with Gasteiger partial charge in [-0.1, -0.05) is 17.7 Å². The Morgan fingerprint density at radius 1 is 1.24 bits per heavy atom. The minimum atomic E-state index is -3.87. The molecule has 0 atom stereocenters. The van der Waals surface area contributed by atoms with E-state index in [9.17, 15) is 12.8 Å². The van der Waals surface area contributed by atoms with Crippen molar-refractivity contribution in [3.63, 3.8) is 0 Å². The van der Waals surface area contributed by atoms with Gasteiger partial charge < -0.3 is 5.73 Å². The second-order valence-electron chi connectivity index (χ2n) is 4.53. The van der Waals surface area contributed by atoms with E-state index in [1.165, 1.54) is 30.3 Å². The van der Waals surface area contributed by atoms with Crippen LogP contribution < -0.4 is 10.5 Å². The molecule has 0 fully saturated rings. The number of halogens is 2. The fourth-order valence-electron chi connectivity index (χ4n) is 1.82. The summed E-state index contributed by atoms with van der Waals surface area (Å²) in [5, 5.41) is 0.0967. The van der Waals surface area contributed by atoms with Crippen molar-refractivity contribution in [3.05, 3.63) is 58.4 Å². The molecule has 2 rings (SSSR count). The molecule has 0 radical (unpaired) electrons. The third-order valence-electron chi connectivity index (χ3n) is 2.95. The standard InChI is InChI=1S/C14H14ClFN2O2S/c1-9-6-11(16)3-5-13(9)18-21(19,20)14-7-10(8-17)2-4-12(14)15/h2-7,18H,8,17H2,1H3. The average Bonchev–Trinajstić information content (AvgIpc) is 2.42. The van der Waals surface area contributed by atoms with Gasteiger partial charge in [0.05, 0.1) is 10.7 Å². The van der Waals surface area contributed by atoms with Crippen molar-refractivity contribution in [2.75, 3.05) is 4.72 Å². The lowest BCUT2D eigenvalue weighted by Crippen LogP contribution is -2.15. The lowest BCUT2D eigenvalue weighted by molar-refractivity contribution is 0.600. The summed E-state index contributed by atoms with van der Waals surface area (Å²) >= 11 is 5.95. The molecule has 7 heteroatoms. The zero-order valence-electron chi connectivity index (χ0n) is 11.2. The van der Waals surface area contributed by atoms with E-state index in [0.717, 1.165) is 0 Å². The Hall–Kier alpha value is -1.63. The van der Waals surface area contributed by atoms with Gasteiger partial charge in [0, 0.05) is 6.54 Å². The van der Waals surface area contributed by atoms with Gasteiger partial charge in [-0.3, -0.25) is 4.72 Å². The Morgan fingerprint density at radius 3 is 2.57 bits per heavy atom. The van der Waals surface area contributed by atoms with Crippen LogP contribution in [0.2, 0.25) is 5.02 Å². The molecule has 0 saturated carbocycles. The van der Waals surface area contributed by atoms with Crippen LogP contribution in [-0.2, 0) is 16.6 Å². The third kappa shape index (κ3) is 3.53.